The molecule has 0 unspecified atom stereocenters. The first kappa shape index (κ1) is 15.1. The molecule has 1 N–H and O–H groups in total. The van der Waals surface area contributed by atoms with Crippen LogP contribution in [0.2, 0.25) is 0 Å². The van der Waals surface area contributed by atoms with E-state index in [9.17, 15) is 4.79 Å². The lowest BCUT2D eigenvalue weighted by atomic mass is 10.1. The maximum atomic E-state index is 12.1. The van der Waals surface area contributed by atoms with E-state index in [2.05, 4.69) is 37.6 Å². The Morgan fingerprint density at radius 3 is 2.79 bits per heavy atom. The minimum absolute atomic E-state index is 0.0558. The highest BCUT2D eigenvalue weighted by Crippen LogP contribution is 2.22. The molecule has 1 aromatic carbocycles. The number of fused-ring (bicyclic) bond motifs is 1. The van der Waals surface area contributed by atoms with Crippen LogP contribution >= 0.6 is 0 Å². The van der Waals surface area contributed by atoms with E-state index in [1.807, 2.05) is 25.1 Å². The molecule has 0 aliphatic carbocycles. The van der Waals surface area contributed by atoms with Gasteiger partial charge in [-0.1, -0.05) is 12.1 Å². The number of aryl methyl sites for hydroxylation is 2. The summed E-state index contributed by atoms with van der Waals surface area (Å²) in [6.07, 6.45) is 0.754. The highest BCUT2D eigenvalue weighted by Gasteiger charge is 2.29. The second-order valence-electron chi connectivity index (χ2n) is 6.56. The van der Waals surface area contributed by atoms with E-state index in [1.165, 1.54) is 5.69 Å². The van der Waals surface area contributed by atoms with Crippen LogP contribution in [-0.2, 0) is 6.42 Å². The average molecular weight is 323 g/mol. The topological polar surface area (TPSA) is 66.8 Å². The van der Waals surface area contributed by atoms with Gasteiger partial charge >= 0.3 is 0 Å². The van der Waals surface area contributed by atoms with Gasteiger partial charge < -0.3 is 4.98 Å². The number of para-hydroxylation sites is 1. The Morgan fingerprint density at radius 1 is 1.25 bits per heavy atom. The molecule has 0 amide bonds. The molecular weight excluding hydrogens is 302 g/mol. The summed E-state index contributed by atoms with van der Waals surface area (Å²) in [6.45, 7) is 7.03. The molecule has 0 radical (unpaired) electrons. The molecule has 0 spiro atoms. The number of H-pyrrole nitrogens is 1. The van der Waals surface area contributed by atoms with Crippen molar-refractivity contribution in [3.8, 4) is 0 Å². The fraction of sp³-hybridized carbons (Fsp3) is 0.389. The average Bonchev–Trinajstić information content (AvgIpc) is 2.84. The van der Waals surface area contributed by atoms with E-state index >= 15 is 0 Å². The van der Waals surface area contributed by atoms with E-state index in [1.54, 1.807) is 6.07 Å². The van der Waals surface area contributed by atoms with Crippen LogP contribution in [0.25, 0.3) is 10.9 Å². The molecule has 0 atom stereocenters. The molecule has 3 heterocycles. The zero-order chi connectivity index (χ0) is 16.7. The third-order valence-corrected chi connectivity index (χ3v) is 4.66. The van der Waals surface area contributed by atoms with Gasteiger partial charge in [-0.25, -0.2) is 4.98 Å². The molecule has 0 bridgehead atoms. The highest BCUT2D eigenvalue weighted by atomic mass is 16.1. The summed E-state index contributed by atoms with van der Waals surface area (Å²) in [5.74, 6) is 0.758. The zero-order valence-electron chi connectivity index (χ0n) is 14.0. The van der Waals surface area contributed by atoms with E-state index in [0.29, 0.717) is 11.4 Å². The standard InChI is InChI=1S/C18H21N5O/c1-12-9-13(2)23(21-12)14-10-22(11-14)8-7-17-19-16-6-4-3-5-15(16)18(24)20-17/h3-6,9,14H,7-8,10-11H2,1-2H3,(H,19,20,24). The first-order valence-electron chi connectivity index (χ1n) is 8.33. The molecule has 0 saturated carbocycles. The summed E-state index contributed by atoms with van der Waals surface area (Å²) in [7, 11) is 0. The second-order valence-corrected chi connectivity index (χ2v) is 6.56. The molecule has 2 aromatic heterocycles. The van der Waals surface area contributed by atoms with Crippen LogP contribution in [0.5, 0.6) is 0 Å². The van der Waals surface area contributed by atoms with Crippen molar-refractivity contribution in [2.45, 2.75) is 26.3 Å². The zero-order valence-corrected chi connectivity index (χ0v) is 14.0. The van der Waals surface area contributed by atoms with E-state index in [-0.39, 0.29) is 5.56 Å². The van der Waals surface area contributed by atoms with Crippen LogP contribution in [0.3, 0.4) is 0 Å². The van der Waals surface area contributed by atoms with Crippen LogP contribution in [0.1, 0.15) is 23.3 Å². The smallest absolute Gasteiger partial charge is 0.258 e. The van der Waals surface area contributed by atoms with Gasteiger partial charge in [-0.15, -0.1) is 0 Å². The van der Waals surface area contributed by atoms with Gasteiger partial charge in [-0.2, -0.15) is 5.10 Å². The predicted molar refractivity (Wildman–Crippen MR) is 93.2 cm³/mol. The van der Waals surface area contributed by atoms with Gasteiger partial charge in [-0.3, -0.25) is 14.4 Å². The number of nitrogens with zero attached hydrogens (tertiary/aromatic N) is 4. The van der Waals surface area contributed by atoms with Crippen LogP contribution in [0, 0.1) is 13.8 Å². The minimum Gasteiger partial charge on any atom is -0.310 e. The van der Waals surface area contributed by atoms with Crippen molar-refractivity contribution < 1.29 is 0 Å². The Morgan fingerprint density at radius 2 is 2.04 bits per heavy atom. The SMILES string of the molecule is Cc1cc(C)n(C2CN(CCc3nc4ccccc4c(=O)[nH]3)C2)n1. The van der Waals surface area contributed by atoms with Crippen molar-refractivity contribution in [1.82, 2.24) is 24.6 Å². The predicted octanol–water partition coefficient (Wildman–Crippen LogP) is 1.84. The summed E-state index contributed by atoms with van der Waals surface area (Å²) in [5.41, 5.74) is 3.00. The first-order valence-corrected chi connectivity index (χ1v) is 8.33. The number of hydrogen-bond donors (Lipinski definition) is 1. The van der Waals surface area contributed by atoms with E-state index < -0.39 is 0 Å². The molecule has 4 rings (SSSR count). The van der Waals surface area contributed by atoms with Crippen molar-refractivity contribution in [3.05, 3.63) is 57.9 Å². The molecule has 1 aliphatic rings. The number of hydrogen-bond acceptors (Lipinski definition) is 4. The van der Waals surface area contributed by atoms with Crippen molar-refractivity contribution in [3.63, 3.8) is 0 Å². The van der Waals surface area contributed by atoms with Gasteiger partial charge in [0.2, 0.25) is 0 Å². The van der Waals surface area contributed by atoms with Crippen LogP contribution in [0.15, 0.2) is 35.1 Å². The summed E-state index contributed by atoms with van der Waals surface area (Å²) in [5, 5.41) is 5.21. The summed E-state index contributed by atoms with van der Waals surface area (Å²) < 4.78 is 2.13. The van der Waals surface area contributed by atoms with Gasteiger partial charge in [-0.05, 0) is 32.0 Å². The maximum absolute atomic E-state index is 12.1. The Kier molecular flexibility index (Phi) is 3.69. The third kappa shape index (κ3) is 2.73. The van der Waals surface area contributed by atoms with E-state index in [4.69, 9.17) is 0 Å². The third-order valence-electron chi connectivity index (χ3n) is 4.66. The molecule has 6 heteroatoms. The fourth-order valence-corrected chi connectivity index (χ4v) is 3.41. The summed E-state index contributed by atoms with van der Waals surface area (Å²) in [6, 6.07) is 10.0. The lowest BCUT2D eigenvalue weighted by Crippen LogP contribution is -2.49. The van der Waals surface area contributed by atoms with Gasteiger partial charge in [0.25, 0.3) is 5.56 Å². The number of nitrogens with one attached hydrogen (secondary N) is 1. The second kappa shape index (κ2) is 5.87. The number of aromatic amines is 1. The first-order chi connectivity index (χ1) is 11.6. The lowest BCUT2D eigenvalue weighted by Gasteiger charge is -2.39. The van der Waals surface area contributed by atoms with Crippen molar-refractivity contribution in [2.75, 3.05) is 19.6 Å². The largest absolute Gasteiger partial charge is 0.310 e. The Balaban J connectivity index is 1.39. The van der Waals surface area contributed by atoms with Crippen molar-refractivity contribution in [2.24, 2.45) is 0 Å². The molecule has 124 valence electrons. The van der Waals surface area contributed by atoms with Gasteiger partial charge in [0, 0.05) is 31.7 Å². The minimum atomic E-state index is -0.0558. The quantitative estimate of drug-likeness (QED) is 0.795. The molecule has 3 aromatic rings. The van der Waals surface area contributed by atoms with Crippen LogP contribution in [-0.4, -0.2) is 44.3 Å². The lowest BCUT2D eigenvalue weighted by molar-refractivity contribution is 0.0979. The van der Waals surface area contributed by atoms with Gasteiger partial charge in [0.1, 0.15) is 5.82 Å². The number of likely N-dealkylation sites (tertiary alicyclic amines) is 1. The van der Waals surface area contributed by atoms with Crippen molar-refractivity contribution in [1.29, 1.82) is 0 Å². The van der Waals surface area contributed by atoms with Gasteiger partial charge in [0.05, 0.1) is 22.6 Å². The summed E-state index contributed by atoms with van der Waals surface area (Å²) in [4.78, 5) is 21.9. The van der Waals surface area contributed by atoms with Crippen molar-refractivity contribution >= 4 is 10.9 Å². The Bertz CT molecular complexity index is 936. The number of benzene rings is 1. The number of aromatic nitrogens is 4. The fourth-order valence-electron chi connectivity index (χ4n) is 3.41. The molecule has 6 nitrogen and oxygen atoms in total. The Hall–Kier alpha value is -2.47. The van der Waals surface area contributed by atoms with Gasteiger partial charge in [0.15, 0.2) is 0 Å². The molecule has 1 aliphatic heterocycles. The van der Waals surface area contributed by atoms with Crippen LogP contribution < -0.4 is 5.56 Å². The molecule has 1 fully saturated rings. The molecule has 24 heavy (non-hydrogen) atoms. The Labute approximate surface area is 140 Å². The monoisotopic (exact) mass is 323 g/mol. The molecule has 1 saturated heterocycles. The normalized spacial score (nSPS) is 15.8. The highest BCUT2D eigenvalue weighted by molar-refractivity contribution is 5.77. The van der Waals surface area contributed by atoms with E-state index in [0.717, 1.165) is 43.1 Å². The summed E-state index contributed by atoms with van der Waals surface area (Å²) >= 11 is 0. The maximum Gasteiger partial charge on any atom is 0.258 e. The number of rotatable bonds is 4. The van der Waals surface area contributed by atoms with Crippen LogP contribution in [0.4, 0.5) is 0 Å². The molecular formula is C18H21N5O.